The van der Waals surface area contributed by atoms with Crippen molar-refractivity contribution in [3.8, 4) is 11.3 Å². The molecule has 22 heavy (non-hydrogen) atoms. The number of halogens is 1. The lowest BCUT2D eigenvalue weighted by atomic mass is 10.00. The van der Waals surface area contributed by atoms with Gasteiger partial charge in [-0.15, -0.1) is 0 Å². The Hall–Kier alpha value is -2.75. The molecule has 0 aliphatic carbocycles. The maximum atomic E-state index is 13.1. The highest BCUT2D eigenvalue weighted by Gasteiger charge is 2.14. The number of aryl methyl sites for hydroxylation is 2. The van der Waals surface area contributed by atoms with Gasteiger partial charge in [0.15, 0.2) is 0 Å². The minimum Gasteiger partial charge on any atom is -0.478 e. The van der Waals surface area contributed by atoms with Crippen LogP contribution < -0.4 is 0 Å². The van der Waals surface area contributed by atoms with Crippen LogP contribution in [0.2, 0.25) is 0 Å². The van der Waals surface area contributed by atoms with Crippen LogP contribution in [0.1, 0.15) is 21.5 Å². The van der Waals surface area contributed by atoms with Gasteiger partial charge in [-0.1, -0.05) is 11.6 Å². The molecule has 3 aromatic rings. The number of pyridine rings is 1. The molecule has 3 nitrogen and oxygen atoms in total. The Kier molecular flexibility index (Phi) is 3.37. The Balaban J connectivity index is 2.34. The van der Waals surface area contributed by atoms with Crippen LogP contribution >= 0.6 is 0 Å². The fourth-order valence-corrected chi connectivity index (χ4v) is 2.63. The molecule has 2 aromatic carbocycles. The van der Waals surface area contributed by atoms with Gasteiger partial charge in [-0.05, 0) is 55.8 Å². The van der Waals surface area contributed by atoms with Crippen LogP contribution in [0.15, 0.2) is 42.5 Å². The lowest BCUT2D eigenvalue weighted by molar-refractivity contribution is 0.0699. The Morgan fingerprint density at radius 3 is 2.41 bits per heavy atom. The molecule has 0 amide bonds. The number of aromatic carboxylic acids is 1. The molecule has 4 heteroatoms. The zero-order valence-corrected chi connectivity index (χ0v) is 12.2. The van der Waals surface area contributed by atoms with Gasteiger partial charge in [0.2, 0.25) is 0 Å². The number of aromatic nitrogens is 1. The molecule has 0 aliphatic heterocycles. The van der Waals surface area contributed by atoms with Crippen LogP contribution in [0.5, 0.6) is 0 Å². The first-order valence-corrected chi connectivity index (χ1v) is 6.87. The van der Waals surface area contributed by atoms with Crippen LogP contribution in [-0.2, 0) is 0 Å². The summed E-state index contributed by atoms with van der Waals surface area (Å²) in [5.74, 6) is -1.34. The summed E-state index contributed by atoms with van der Waals surface area (Å²) < 4.78 is 13.1. The van der Waals surface area contributed by atoms with Crippen molar-refractivity contribution in [3.05, 3.63) is 65.0 Å². The van der Waals surface area contributed by atoms with Crippen molar-refractivity contribution in [1.82, 2.24) is 4.98 Å². The van der Waals surface area contributed by atoms with E-state index in [-0.39, 0.29) is 11.4 Å². The average Bonchev–Trinajstić information content (AvgIpc) is 2.47. The molecule has 0 unspecified atom stereocenters. The molecular weight excluding hydrogens is 281 g/mol. The summed E-state index contributed by atoms with van der Waals surface area (Å²) in [7, 11) is 0. The Morgan fingerprint density at radius 2 is 1.77 bits per heavy atom. The number of rotatable bonds is 2. The summed E-state index contributed by atoms with van der Waals surface area (Å²) in [6.07, 6.45) is 0. The van der Waals surface area contributed by atoms with E-state index in [0.29, 0.717) is 22.2 Å². The van der Waals surface area contributed by atoms with Gasteiger partial charge in [0.1, 0.15) is 5.82 Å². The standard InChI is InChI=1S/C18H14FNO2/c1-10-7-11(2)17-14(8-10)15(18(21)22)9-16(20-17)12-3-5-13(19)6-4-12/h3-9H,1-2H3,(H,21,22). The molecule has 0 radical (unpaired) electrons. The average molecular weight is 295 g/mol. The highest BCUT2D eigenvalue weighted by atomic mass is 19.1. The maximum Gasteiger partial charge on any atom is 0.336 e. The van der Waals surface area contributed by atoms with Crippen molar-refractivity contribution < 1.29 is 14.3 Å². The van der Waals surface area contributed by atoms with Gasteiger partial charge in [-0.25, -0.2) is 14.2 Å². The fraction of sp³-hybridized carbons (Fsp3) is 0.111. The lowest BCUT2D eigenvalue weighted by Gasteiger charge is -2.10. The number of benzene rings is 2. The third-order valence-corrected chi connectivity index (χ3v) is 3.62. The van der Waals surface area contributed by atoms with Gasteiger partial charge < -0.3 is 5.11 Å². The van der Waals surface area contributed by atoms with Crippen LogP contribution in [-0.4, -0.2) is 16.1 Å². The summed E-state index contributed by atoms with van der Waals surface area (Å²) in [6.45, 7) is 3.83. The summed E-state index contributed by atoms with van der Waals surface area (Å²) in [5, 5.41) is 10.1. The number of fused-ring (bicyclic) bond motifs is 1. The molecule has 3 rings (SSSR count). The van der Waals surface area contributed by atoms with Gasteiger partial charge >= 0.3 is 5.97 Å². The number of carboxylic acids is 1. The molecule has 0 spiro atoms. The van der Waals surface area contributed by atoms with E-state index in [4.69, 9.17) is 0 Å². The normalized spacial score (nSPS) is 10.9. The summed E-state index contributed by atoms with van der Waals surface area (Å²) >= 11 is 0. The minimum absolute atomic E-state index is 0.205. The Morgan fingerprint density at radius 1 is 1.09 bits per heavy atom. The molecule has 1 aromatic heterocycles. The Labute approximate surface area is 127 Å². The molecule has 0 saturated heterocycles. The number of hydrogen-bond donors (Lipinski definition) is 1. The molecule has 0 fully saturated rings. The zero-order chi connectivity index (χ0) is 15.9. The largest absolute Gasteiger partial charge is 0.478 e. The van der Waals surface area contributed by atoms with Crippen molar-refractivity contribution in [1.29, 1.82) is 0 Å². The second kappa shape index (κ2) is 5.22. The maximum absolute atomic E-state index is 13.1. The third-order valence-electron chi connectivity index (χ3n) is 3.62. The number of nitrogens with zero attached hydrogens (tertiary/aromatic N) is 1. The SMILES string of the molecule is Cc1cc(C)c2nc(-c3ccc(F)cc3)cc(C(=O)O)c2c1. The number of hydrogen-bond acceptors (Lipinski definition) is 2. The topological polar surface area (TPSA) is 50.2 Å². The van der Waals surface area contributed by atoms with Crippen LogP contribution in [0.25, 0.3) is 22.2 Å². The van der Waals surface area contributed by atoms with Crippen molar-refractivity contribution in [2.75, 3.05) is 0 Å². The first-order chi connectivity index (χ1) is 10.5. The second-order valence-electron chi connectivity index (χ2n) is 5.35. The van der Waals surface area contributed by atoms with Crippen molar-refractivity contribution >= 4 is 16.9 Å². The number of carboxylic acid groups (broad SMARTS) is 1. The molecule has 0 atom stereocenters. The fourth-order valence-electron chi connectivity index (χ4n) is 2.63. The number of carbonyl (C=O) groups is 1. The van der Waals surface area contributed by atoms with E-state index < -0.39 is 5.97 Å². The van der Waals surface area contributed by atoms with E-state index in [2.05, 4.69) is 4.98 Å². The van der Waals surface area contributed by atoms with E-state index >= 15 is 0 Å². The van der Waals surface area contributed by atoms with Crippen LogP contribution in [0.4, 0.5) is 4.39 Å². The van der Waals surface area contributed by atoms with Gasteiger partial charge in [-0.3, -0.25) is 0 Å². The highest BCUT2D eigenvalue weighted by molar-refractivity contribution is 6.04. The monoisotopic (exact) mass is 295 g/mol. The highest BCUT2D eigenvalue weighted by Crippen LogP contribution is 2.28. The zero-order valence-electron chi connectivity index (χ0n) is 12.2. The first-order valence-electron chi connectivity index (χ1n) is 6.87. The van der Waals surface area contributed by atoms with E-state index in [9.17, 15) is 14.3 Å². The first kappa shape index (κ1) is 14.2. The molecule has 110 valence electrons. The van der Waals surface area contributed by atoms with Crippen molar-refractivity contribution in [2.24, 2.45) is 0 Å². The molecule has 0 aliphatic rings. The van der Waals surface area contributed by atoms with E-state index in [1.54, 1.807) is 12.1 Å². The summed E-state index contributed by atoms with van der Waals surface area (Å²) in [6, 6.07) is 11.2. The van der Waals surface area contributed by atoms with Gasteiger partial charge in [-0.2, -0.15) is 0 Å². The van der Waals surface area contributed by atoms with Gasteiger partial charge in [0.25, 0.3) is 0 Å². The Bertz CT molecular complexity index is 886. The van der Waals surface area contributed by atoms with Crippen LogP contribution in [0.3, 0.4) is 0 Å². The van der Waals surface area contributed by atoms with E-state index in [1.165, 1.54) is 18.2 Å². The second-order valence-corrected chi connectivity index (χ2v) is 5.35. The minimum atomic E-state index is -0.999. The molecule has 1 heterocycles. The predicted molar refractivity (Wildman–Crippen MR) is 83.6 cm³/mol. The summed E-state index contributed by atoms with van der Waals surface area (Å²) in [4.78, 5) is 16.2. The van der Waals surface area contributed by atoms with E-state index in [1.807, 2.05) is 26.0 Å². The van der Waals surface area contributed by atoms with Crippen LogP contribution in [0, 0.1) is 19.7 Å². The quantitative estimate of drug-likeness (QED) is 0.764. The molecular formula is C18H14FNO2. The predicted octanol–water partition coefficient (Wildman–Crippen LogP) is 4.36. The molecule has 1 N–H and O–H groups in total. The smallest absolute Gasteiger partial charge is 0.336 e. The third kappa shape index (κ3) is 2.44. The van der Waals surface area contributed by atoms with E-state index in [0.717, 1.165) is 11.1 Å². The van der Waals surface area contributed by atoms with Gasteiger partial charge in [0, 0.05) is 10.9 Å². The van der Waals surface area contributed by atoms with Gasteiger partial charge in [0.05, 0.1) is 16.8 Å². The molecule has 0 bridgehead atoms. The molecule has 0 saturated carbocycles. The lowest BCUT2D eigenvalue weighted by Crippen LogP contribution is -2.01. The van der Waals surface area contributed by atoms with Crippen molar-refractivity contribution in [2.45, 2.75) is 13.8 Å². The van der Waals surface area contributed by atoms with Crippen molar-refractivity contribution in [3.63, 3.8) is 0 Å². The summed E-state index contributed by atoms with van der Waals surface area (Å²) in [5.41, 5.74) is 3.98.